The lowest BCUT2D eigenvalue weighted by molar-refractivity contribution is 0.628. The summed E-state index contributed by atoms with van der Waals surface area (Å²) >= 11 is 6.20. The van der Waals surface area contributed by atoms with E-state index in [2.05, 4.69) is 30.2 Å². The van der Waals surface area contributed by atoms with Crippen molar-refractivity contribution < 1.29 is 4.39 Å². The molecule has 10 heteroatoms. The average molecular weight is 423 g/mol. The van der Waals surface area contributed by atoms with Crippen LogP contribution in [0.4, 0.5) is 21.7 Å². The third-order valence-electron chi connectivity index (χ3n) is 4.64. The molecule has 3 N–H and O–H groups in total. The van der Waals surface area contributed by atoms with Crippen LogP contribution in [0, 0.1) is 12.4 Å². The molecule has 4 rings (SSSR count). The number of rotatable bonds is 5. The maximum absolute atomic E-state index is 13.9. The lowest BCUT2D eigenvalue weighted by Crippen LogP contribution is -2.14. The Hall–Kier alpha value is -3.77. The number of hydrogen-bond acceptors (Lipinski definition) is 6. The molecule has 0 spiro atoms. The average Bonchev–Trinajstić information content (AvgIpc) is 3.11. The molecule has 0 aliphatic carbocycles. The van der Waals surface area contributed by atoms with Gasteiger partial charge in [0.15, 0.2) is 10.8 Å². The van der Waals surface area contributed by atoms with E-state index in [9.17, 15) is 4.39 Å². The maximum atomic E-state index is 13.9. The molecule has 3 aromatic heterocycles. The topological polar surface area (TPSA) is 98.4 Å². The van der Waals surface area contributed by atoms with Crippen LogP contribution in [0.3, 0.4) is 0 Å². The summed E-state index contributed by atoms with van der Waals surface area (Å²) in [5, 5.41) is 8.21. The van der Waals surface area contributed by atoms with E-state index >= 15 is 0 Å². The Balaban J connectivity index is 1.88. The van der Waals surface area contributed by atoms with Crippen molar-refractivity contribution in [1.29, 1.82) is 0 Å². The van der Waals surface area contributed by atoms with Crippen LogP contribution in [0.25, 0.3) is 21.7 Å². The predicted octanol–water partition coefficient (Wildman–Crippen LogP) is 4.67. The number of hydrogen-bond donors (Lipinski definition) is 2. The number of aromatic nitrogens is 5. The van der Waals surface area contributed by atoms with Crippen molar-refractivity contribution in [3.63, 3.8) is 0 Å². The smallest absolute Gasteiger partial charge is 0.268 e. The molecular formula is C20H16ClFN8. The lowest BCUT2D eigenvalue weighted by Gasteiger charge is -2.22. The number of fused-ring (bicyclic) bond motifs is 1. The van der Waals surface area contributed by atoms with Crippen molar-refractivity contribution in [2.24, 2.45) is 0 Å². The first-order valence-corrected chi connectivity index (χ1v) is 9.44. The Kier molecular flexibility index (Phi) is 5.16. The van der Waals surface area contributed by atoms with Gasteiger partial charge in [-0.3, -0.25) is 0 Å². The highest BCUT2D eigenvalue weighted by molar-refractivity contribution is 6.29. The summed E-state index contributed by atoms with van der Waals surface area (Å²) in [6, 6.07) is 7.68. The minimum atomic E-state index is -0.378. The highest BCUT2D eigenvalue weighted by Crippen LogP contribution is 2.35. The van der Waals surface area contributed by atoms with Crippen LogP contribution in [-0.2, 0) is 0 Å². The number of nitrogens with two attached hydrogens (primary N) is 1. The first-order chi connectivity index (χ1) is 14.5. The largest absolute Gasteiger partial charge is 0.392 e. The van der Waals surface area contributed by atoms with Gasteiger partial charge in [0.2, 0.25) is 0 Å². The highest BCUT2D eigenvalue weighted by Gasteiger charge is 2.21. The number of nitrogens with zero attached hydrogens (tertiary/aromatic N) is 6. The Morgan fingerprint density at radius 3 is 2.87 bits per heavy atom. The van der Waals surface area contributed by atoms with E-state index in [0.717, 1.165) is 5.56 Å². The zero-order valence-electron chi connectivity index (χ0n) is 15.8. The van der Waals surface area contributed by atoms with Crippen LogP contribution in [0.15, 0.2) is 42.9 Å². The maximum Gasteiger partial charge on any atom is 0.268 e. The molecule has 0 amide bonds. The second-order valence-electron chi connectivity index (χ2n) is 6.48. The second kappa shape index (κ2) is 7.93. The Morgan fingerprint density at radius 2 is 2.13 bits per heavy atom. The van der Waals surface area contributed by atoms with Crippen molar-refractivity contribution in [2.45, 2.75) is 19.4 Å². The third kappa shape index (κ3) is 3.49. The fourth-order valence-corrected chi connectivity index (χ4v) is 3.37. The van der Waals surface area contributed by atoms with Gasteiger partial charge in [0.1, 0.15) is 23.8 Å². The summed E-state index contributed by atoms with van der Waals surface area (Å²) in [5.41, 5.74) is 8.38. The molecule has 0 bridgehead atoms. The molecule has 0 fully saturated rings. The summed E-state index contributed by atoms with van der Waals surface area (Å²) in [6.45, 7) is 9.36. The van der Waals surface area contributed by atoms with Gasteiger partial charge in [-0.15, -0.1) is 0 Å². The van der Waals surface area contributed by atoms with Gasteiger partial charge in [0.25, 0.3) is 5.69 Å². The van der Waals surface area contributed by atoms with Crippen LogP contribution in [0.2, 0.25) is 5.15 Å². The van der Waals surface area contributed by atoms with E-state index < -0.39 is 0 Å². The molecular weight excluding hydrogens is 407 g/mol. The van der Waals surface area contributed by atoms with Crippen LogP contribution in [0.1, 0.15) is 24.9 Å². The first kappa shape index (κ1) is 19.5. The monoisotopic (exact) mass is 422 g/mol. The van der Waals surface area contributed by atoms with Gasteiger partial charge < -0.3 is 11.1 Å². The number of halogens is 2. The molecule has 1 atom stereocenters. The molecule has 1 aromatic carbocycles. The number of anilines is 2. The number of benzene rings is 1. The second-order valence-corrected chi connectivity index (χ2v) is 6.87. The van der Waals surface area contributed by atoms with Crippen LogP contribution in [-0.4, -0.2) is 24.6 Å². The fourth-order valence-electron chi connectivity index (χ4n) is 3.20. The van der Waals surface area contributed by atoms with E-state index in [0.29, 0.717) is 34.3 Å². The van der Waals surface area contributed by atoms with Crippen LogP contribution in [0.5, 0.6) is 0 Å². The fraction of sp³-hybridized carbons (Fsp3) is 0.150. The minimum Gasteiger partial charge on any atom is -0.392 e. The summed E-state index contributed by atoms with van der Waals surface area (Å²) in [5.74, 6) is 0.0315. The molecule has 4 aromatic rings. The van der Waals surface area contributed by atoms with Gasteiger partial charge in [-0.1, -0.05) is 30.7 Å². The Bertz CT molecular complexity index is 1280. The summed E-state index contributed by atoms with van der Waals surface area (Å²) in [4.78, 5) is 15.7. The quantitative estimate of drug-likeness (QED) is 0.453. The van der Waals surface area contributed by atoms with E-state index in [4.69, 9.17) is 23.9 Å². The molecule has 0 aliphatic heterocycles. The van der Waals surface area contributed by atoms with E-state index in [1.807, 2.05) is 13.0 Å². The van der Waals surface area contributed by atoms with Gasteiger partial charge in [0.05, 0.1) is 24.5 Å². The van der Waals surface area contributed by atoms with Crippen LogP contribution >= 0.6 is 11.6 Å². The standard InChI is InChI=1S/C20H16ClFN8/c1-3-14(28-20-18(24-2)19(23)26-10-27-20)13-8-16-25-9-15(21)30(16)29-17(13)11-5-4-6-12(22)7-11/h4-10,14H,3H2,1H3,(H3,23,26,27,28)/t14-/m0/s1. The summed E-state index contributed by atoms with van der Waals surface area (Å²) in [7, 11) is 0. The van der Waals surface area contributed by atoms with Crippen LogP contribution < -0.4 is 11.1 Å². The third-order valence-corrected chi connectivity index (χ3v) is 4.89. The normalized spacial score (nSPS) is 11.9. The van der Waals surface area contributed by atoms with Crippen molar-refractivity contribution >= 4 is 34.6 Å². The SMILES string of the molecule is [C-]#[N+]c1c(N)ncnc1N[C@@H](CC)c1cc2ncc(Cl)n2nc1-c1cccc(F)c1. The highest BCUT2D eigenvalue weighted by atomic mass is 35.5. The molecule has 30 heavy (non-hydrogen) atoms. The number of imidazole rings is 1. The number of nitrogen functional groups attached to an aromatic ring is 1. The van der Waals surface area contributed by atoms with E-state index in [1.54, 1.807) is 12.1 Å². The zero-order valence-corrected chi connectivity index (χ0v) is 16.6. The molecule has 0 radical (unpaired) electrons. The molecule has 0 saturated carbocycles. The van der Waals surface area contributed by atoms with Gasteiger partial charge >= 0.3 is 0 Å². The molecule has 0 unspecified atom stereocenters. The van der Waals surface area contributed by atoms with E-state index in [-0.39, 0.29) is 23.4 Å². The van der Waals surface area contributed by atoms with Gasteiger partial charge in [-0.25, -0.2) is 28.7 Å². The van der Waals surface area contributed by atoms with Crippen molar-refractivity contribution in [2.75, 3.05) is 11.1 Å². The number of nitrogens with one attached hydrogen (secondary N) is 1. The minimum absolute atomic E-state index is 0.0938. The summed E-state index contributed by atoms with van der Waals surface area (Å²) in [6.07, 6.45) is 3.41. The van der Waals surface area contributed by atoms with Crippen molar-refractivity contribution in [3.05, 3.63) is 70.8 Å². The zero-order chi connectivity index (χ0) is 21.3. The lowest BCUT2D eigenvalue weighted by atomic mass is 9.98. The first-order valence-electron chi connectivity index (χ1n) is 9.06. The van der Waals surface area contributed by atoms with E-state index in [1.165, 1.54) is 29.2 Å². The Morgan fingerprint density at radius 1 is 1.30 bits per heavy atom. The van der Waals surface area contributed by atoms with Crippen molar-refractivity contribution in [1.82, 2.24) is 24.6 Å². The molecule has 8 nitrogen and oxygen atoms in total. The van der Waals surface area contributed by atoms with Crippen molar-refractivity contribution in [3.8, 4) is 11.3 Å². The summed E-state index contributed by atoms with van der Waals surface area (Å²) < 4.78 is 15.4. The van der Waals surface area contributed by atoms with Gasteiger partial charge in [0, 0.05) is 11.1 Å². The Labute approximate surface area is 176 Å². The molecule has 0 aliphatic rings. The molecule has 0 saturated heterocycles. The molecule has 3 heterocycles. The molecule has 150 valence electrons. The van der Waals surface area contributed by atoms with Gasteiger partial charge in [-0.05, 0) is 24.6 Å². The van der Waals surface area contributed by atoms with Gasteiger partial charge in [-0.2, -0.15) is 5.10 Å². The predicted molar refractivity (Wildman–Crippen MR) is 113 cm³/mol.